The average molecular weight is 444 g/mol. The summed E-state index contributed by atoms with van der Waals surface area (Å²) < 4.78 is 8.32. The molecule has 3 heterocycles. The van der Waals surface area contributed by atoms with E-state index in [-0.39, 0.29) is 11.2 Å². The van der Waals surface area contributed by atoms with Crippen LogP contribution in [-0.4, -0.2) is 56.8 Å². The zero-order chi connectivity index (χ0) is 20.0. The third kappa shape index (κ3) is 3.25. The standard InChI is InChI=1S/C20H18ClN5OS2/c1-29-16(15-8-4-6-13-5-2-3-7-14(13)15)19(27)22-20(29)26-11-9-25(10-12-26)18-17(21)23-28-24-18/h2-8,16H,1,9-12H2. The van der Waals surface area contributed by atoms with Gasteiger partial charge in [0.2, 0.25) is 0 Å². The third-order valence-corrected chi connectivity index (χ3v) is 8.05. The Bertz CT molecular complexity index is 1150. The van der Waals surface area contributed by atoms with E-state index in [0.717, 1.165) is 65.2 Å². The lowest BCUT2D eigenvalue weighted by Crippen LogP contribution is -2.48. The molecule has 1 saturated heterocycles. The third-order valence-electron chi connectivity index (χ3n) is 5.34. The topological polar surface area (TPSA) is 61.7 Å². The van der Waals surface area contributed by atoms with E-state index in [4.69, 9.17) is 11.6 Å². The lowest BCUT2D eigenvalue weighted by molar-refractivity contribution is -0.117. The van der Waals surface area contributed by atoms with Crippen molar-refractivity contribution in [3.63, 3.8) is 0 Å². The number of amides is 1. The largest absolute Gasteiger partial charge is 0.350 e. The summed E-state index contributed by atoms with van der Waals surface area (Å²) in [6.45, 7) is 3.02. The van der Waals surface area contributed by atoms with Gasteiger partial charge in [-0.3, -0.25) is 4.79 Å². The van der Waals surface area contributed by atoms with Crippen molar-refractivity contribution in [1.29, 1.82) is 0 Å². The van der Waals surface area contributed by atoms with Crippen molar-refractivity contribution < 1.29 is 4.79 Å². The maximum atomic E-state index is 12.9. The number of hydrogen-bond acceptors (Lipinski definition) is 6. The number of carbonyl (C=O) groups excluding carboxylic acids is 1. The molecule has 1 aromatic heterocycles. The molecule has 0 spiro atoms. The number of halogens is 1. The highest BCUT2D eigenvalue weighted by molar-refractivity contribution is 8.28. The van der Waals surface area contributed by atoms with Crippen LogP contribution >= 0.6 is 33.8 Å². The highest BCUT2D eigenvalue weighted by atomic mass is 35.5. The number of fused-ring (bicyclic) bond motifs is 1. The fourth-order valence-electron chi connectivity index (χ4n) is 3.91. The van der Waals surface area contributed by atoms with Crippen LogP contribution in [0.2, 0.25) is 5.15 Å². The molecule has 2 unspecified atom stereocenters. The molecule has 6 nitrogen and oxygen atoms in total. The maximum Gasteiger partial charge on any atom is 0.265 e. The van der Waals surface area contributed by atoms with Crippen LogP contribution in [0.1, 0.15) is 10.8 Å². The first-order chi connectivity index (χ1) is 14.1. The number of hydrogen-bond donors (Lipinski definition) is 0. The second-order valence-electron chi connectivity index (χ2n) is 6.96. The van der Waals surface area contributed by atoms with E-state index in [1.165, 1.54) is 0 Å². The van der Waals surface area contributed by atoms with Crippen molar-refractivity contribution >= 4 is 67.3 Å². The summed E-state index contributed by atoms with van der Waals surface area (Å²) in [5.74, 6) is 5.02. The van der Waals surface area contributed by atoms with Gasteiger partial charge in [-0.05, 0) is 16.3 Å². The zero-order valence-corrected chi connectivity index (χ0v) is 17.9. The van der Waals surface area contributed by atoms with Gasteiger partial charge in [0, 0.05) is 26.2 Å². The average Bonchev–Trinajstić information content (AvgIpc) is 3.30. The van der Waals surface area contributed by atoms with E-state index < -0.39 is 10.5 Å². The summed E-state index contributed by atoms with van der Waals surface area (Å²) in [6, 6.07) is 14.3. The summed E-state index contributed by atoms with van der Waals surface area (Å²) in [5, 5.41) is 3.18. The lowest BCUT2D eigenvalue weighted by atomic mass is 10.0. The van der Waals surface area contributed by atoms with Gasteiger partial charge in [0.15, 0.2) is 16.1 Å². The van der Waals surface area contributed by atoms with Crippen molar-refractivity contribution in [3.8, 4) is 0 Å². The predicted octanol–water partition coefficient (Wildman–Crippen LogP) is 3.81. The van der Waals surface area contributed by atoms with Crippen molar-refractivity contribution in [2.45, 2.75) is 5.25 Å². The second kappa shape index (κ2) is 7.51. The number of rotatable bonds is 2. The van der Waals surface area contributed by atoms with E-state index in [2.05, 4.69) is 47.6 Å². The zero-order valence-electron chi connectivity index (χ0n) is 15.5. The van der Waals surface area contributed by atoms with Gasteiger partial charge in [-0.25, -0.2) is 0 Å². The second-order valence-corrected chi connectivity index (χ2v) is 9.54. The van der Waals surface area contributed by atoms with Gasteiger partial charge >= 0.3 is 0 Å². The SMILES string of the molecule is C=S1C(N2CCN(c3nsnc3Cl)CC2)=NC(=O)C1c1cccc2ccccc12. The molecule has 0 aliphatic carbocycles. The molecule has 0 bridgehead atoms. The number of amidine groups is 1. The van der Waals surface area contributed by atoms with Crippen molar-refractivity contribution in [2.24, 2.45) is 4.99 Å². The Morgan fingerprint density at radius 3 is 2.52 bits per heavy atom. The van der Waals surface area contributed by atoms with Crippen molar-refractivity contribution in [1.82, 2.24) is 13.6 Å². The van der Waals surface area contributed by atoms with Crippen molar-refractivity contribution in [3.05, 3.63) is 53.2 Å². The quantitative estimate of drug-likeness (QED) is 0.563. The number of aromatic nitrogens is 2. The first-order valence-corrected chi connectivity index (χ1v) is 11.8. The first-order valence-electron chi connectivity index (χ1n) is 9.24. The molecule has 29 heavy (non-hydrogen) atoms. The minimum absolute atomic E-state index is 0.0936. The van der Waals surface area contributed by atoms with E-state index in [1.807, 2.05) is 24.3 Å². The number of aliphatic imine (C=N–C) groups is 1. The molecule has 1 amide bonds. The van der Waals surface area contributed by atoms with Gasteiger partial charge in [-0.15, -0.1) is 10.5 Å². The van der Waals surface area contributed by atoms with Crippen molar-refractivity contribution in [2.75, 3.05) is 31.1 Å². The lowest BCUT2D eigenvalue weighted by Gasteiger charge is -2.36. The summed E-state index contributed by atoms with van der Waals surface area (Å²) in [6.07, 6.45) is 0. The molecule has 2 aromatic carbocycles. The van der Waals surface area contributed by atoms with Crippen LogP contribution in [-0.2, 0) is 4.79 Å². The molecular weight excluding hydrogens is 426 g/mol. The van der Waals surface area contributed by atoms with Gasteiger partial charge in [-0.2, -0.15) is 13.7 Å². The predicted molar refractivity (Wildman–Crippen MR) is 123 cm³/mol. The van der Waals surface area contributed by atoms with E-state index in [9.17, 15) is 4.79 Å². The minimum Gasteiger partial charge on any atom is -0.350 e. The molecule has 0 saturated carbocycles. The van der Waals surface area contributed by atoms with Crippen LogP contribution in [0.4, 0.5) is 5.82 Å². The van der Waals surface area contributed by atoms with Gasteiger partial charge in [-0.1, -0.05) is 59.9 Å². The Kier molecular flexibility index (Phi) is 4.85. The Morgan fingerprint density at radius 1 is 1.03 bits per heavy atom. The molecule has 2 aliphatic rings. The Hall–Kier alpha value is -2.29. The van der Waals surface area contributed by atoms with Crippen LogP contribution in [0.5, 0.6) is 0 Å². The van der Waals surface area contributed by atoms with Gasteiger partial charge in [0.05, 0.1) is 11.7 Å². The monoisotopic (exact) mass is 443 g/mol. The van der Waals surface area contributed by atoms with E-state index in [0.29, 0.717) is 5.15 Å². The highest BCUT2D eigenvalue weighted by Gasteiger charge is 2.36. The molecule has 1 fully saturated rings. The molecule has 9 heteroatoms. The summed E-state index contributed by atoms with van der Waals surface area (Å²) in [7, 11) is -0.530. The first kappa shape index (κ1) is 18.7. The highest BCUT2D eigenvalue weighted by Crippen LogP contribution is 2.44. The molecule has 2 aliphatic heterocycles. The summed E-state index contributed by atoms with van der Waals surface area (Å²) in [5.41, 5.74) is 1.02. The Labute approximate surface area is 180 Å². The maximum absolute atomic E-state index is 12.9. The minimum atomic E-state index is -0.530. The van der Waals surface area contributed by atoms with Crippen LogP contribution in [0.15, 0.2) is 47.5 Å². The molecular formula is C20H18ClN5OS2. The van der Waals surface area contributed by atoms with E-state index in [1.54, 1.807) is 0 Å². The number of nitrogens with zero attached hydrogens (tertiary/aromatic N) is 5. The number of piperazine rings is 1. The number of benzene rings is 2. The van der Waals surface area contributed by atoms with Crippen LogP contribution < -0.4 is 4.90 Å². The van der Waals surface area contributed by atoms with Crippen LogP contribution in [0, 0.1) is 0 Å². The molecule has 0 radical (unpaired) electrons. The fraction of sp³-hybridized carbons (Fsp3) is 0.250. The summed E-state index contributed by atoms with van der Waals surface area (Å²) >= 11 is 7.24. The molecule has 2 atom stereocenters. The van der Waals surface area contributed by atoms with Gasteiger partial charge < -0.3 is 9.80 Å². The molecule has 3 aromatic rings. The fourth-order valence-corrected chi connectivity index (χ4v) is 6.43. The Balaban J connectivity index is 1.37. The molecule has 5 rings (SSSR count). The smallest absolute Gasteiger partial charge is 0.265 e. The van der Waals surface area contributed by atoms with Gasteiger partial charge in [0.1, 0.15) is 5.25 Å². The normalized spacial score (nSPS) is 22.4. The van der Waals surface area contributed by atoms with Crippen LogP contribution in [0.3, 0.4) is 0 Å². The number of anilines is 1. The van der Waals surface area contributed by atoms with Crippen LogP contribution in [0.25, 0.3) is 10.8 Å². The molecule has 148 valence electrons. The number of carbonyl (C=O) groups is 1. The molecule has 0 N–H and O–H groups in total. The van der Waals surface area contributed by atoms with Gasteiger partial charge in [0.25, 0.3) is 5.91 Å². The Morgan fingerprint density at radius 2 is 1.76 bits per heavy atom. The summed E-state index contributed by atoms with van der Waals surface area (Å²) in [4.78, 5) is 21.6. The van der Waals surface area contributed by atoms with E-state index >= 15 is 0 Å².